The quantitative estimate of drug-likeness (QED) is 0.288. The lowest BCUT2D eigenvalue weighted by Crippen LogP contribution is -2.05. The van der Waals surface area contributed by atoms with Crippen molar-refractivity contribution in [2.24, 2.45) is 0 Å². The Balaban J connectivity index is 1.46. The molecule has 6 nitrogen and oxygen atoms in total. The van der Waals surface area contributed by atoms with E-state index >= 15 is 0 Å². The fourth-order valence-electron chi connectivity index (χ4n) is 3.30. The molecule has 0 aliphatic rings. The van der Waals surface area contributed by atoms with Crippen molar-refractivity contribution in [2.45, 2.75) is 13.5 Å². The first kappa shape index (κ1) is 23.9. The van der Waals surface area contributed by atoms with Gasteiger partial charge in [-0.25, -0.2) is 14.4 Å². The van der Waals surface area contributed by atoms with Gasteiger partial charge in [-0.15, -0.1) is 0 Å². The summed E-state index contributed by atoms with van der Waals surface area (Å²) in [7, 11) is 0. The number of hydrogen-bond acceptors (Lipinski definition) is 5. The third-order valence-corrected chi connectivity index (χ3v) is 5.18. The highest BCUT2D eigenvalue weighted by Gasteiger charge is 2.07. The Labute approximate surface area is 207 Å². The standard InChI is InChI=1S/C27H22ClFN4O2/c1-18(34)32-23-7-3-4-19(13-23)8-9-21-15-30-17-31-27(21)33-24-10-11-26(25(28)14-24)35-16-20-5-2-6-22(29)12-20/h2-15,17H,16H2,1H3,(H,32,34)(H,30,31,33)/b9-8+. The highest BCUT2D eigenvalue weighted by atomic mass is 35.5. The van der Waals surface area contributed by atoms with Crippen molar-refractivity contribution >= 4 is 46.9 Å². The number of benzene rings is 3. The Kier molecular flexibility index (Phi) is 7.70. The van der Waals surface area contributed by atoms with Gasteiger partial charge in [0, 0.05) is 30.1 Å². The number of nitrogens with one attached hydrogen (secondary N) is 2. The van der Waals surface area contributed by atoms with E-state index in [1.54, 1.807) is 30.5 Å². The molecule has 1 amide bonds. The largest absolute Gasteiger partial charge is 0.487 e. The first-order chi connectivity index (χ1) is 17.0. The summed E-state index contributed by atoms with van der Waals surface area (Å²) in [5.41, 5.74) is 3.82. The van der Waals surface area contributed by atoms with Crippen LogP contribution in [0.15, 0.2) is 79.3 Å². The molecule has 35 heavy (non-hydrogen) atoms. The Morgan fingerprint density at radius 2 is 1.91 bits per heavy atom. The zero-order valence-corrected chi connectivity index (χ0v) is 19.6. The molecule has 2 N–H and O–H groups in total. The first-order valence-electron chi connectivity index (χ1n) is 10.8. The van der Waals surface area contributed by atoms with E-state index in [0.29, 0.717) is 27.8 Å². The second-order valence-corrected chi connectivity index (χ2v) is 8.06. The van der Waals surface area contributed by atoms with E-state index in [1.807, 2.05) is 42.5 Å². The van der Waals surface area contributed by atoms with E-state index in [9.17, 15) is 9.18 Å². The van der Waals surface area contributed by atoms with Crippen LogP contribution in [-0.4, -0.2) is 15.9 Å². The van der Waals surface area contributed by atoms with Gasteiger partial charge in [0.2, 0.25) is 5.91 Å². The van der Waals surface area contributed by atoms with Crippen molar-refractivity contribution in [1.82, 2.24) is 9.97 Å². The molecule has 8 heteroatoms. The van der Waals surface area contributed by atoms with Gasteiger partial charge in [0.1, 0.15) is 30.3 Å². The maximum absolute atomic E-state index is 13.4. The lowest BCUT2D eigenvalue weighted by atomic mass is 10.1. The zero-order chi connectivity index (χ0) is 24.6. The van der Waals surface area contributed by atoms with E-state index in [0.717, 1.165) is 16.8 Å². The van der Waals surface area contributed by atoms with Gasteiger partial charge in [-0.3, -0.25) is 4.79 Å². The Hall–Kier alpha value is -4.23. The monoisotopic (exact) mass is 488 g/mol. The van der Waals surface area contributed by atoms with E-state index in [1.165, 1.54) is 25.4 Å². The minimum absolute atomic E-state index is 0.127. The maximum Gasteiger partial charge on any atom is 0.221 e. The lowest BCUT2D eigenvalue weighted by molar-refractivity contribution is -0.114. The molecule has 0 bridgehead atoms. The van der Waals surface area contributed by atoms with Crippen molar-refractivity contribution in [1.29, 1.82) is 0 Å². The molecule has 0 fully saturated rings. The summed E-state index contributed by atoms with van der Waals surface area (Å²) >= 11 is 6.41. The number of rotatable bonds is 8. The number of hydrogen-bond donors (Lipinski definition) is 2. The summed E-state index contributed by atoms with van der Waals surface area (Å²) in [6.07, 6.45) is 6.94. The molecule has 0 radical (unpaired) electrons. The van der Waals surface area contributed by atoms with Gasteiger partial charge in [-0.1, -0.05) is 41.9 Å². The Bertz CT molecular complexity index is 1380. The molecule has 3 aromatic carbocycles. The van der Waals surface area contributed by atoms with Crippen molar-refractivity contribution in [3.8, 4) is 5.75 Å². The van der Waals surface area contributed by atoms with Gasteiger partial charge in [-0.05, 0) is 59.7 Å². The molecule has 1 aromatic heterocycles. The summed E-state index contributed by atoms with van der Waals surface area (Å²) in [4.78, 5) is 19.8. The number of carbonyl (C=O) groups excluding carboxylic acids is 1. The Morgan fingerprint density at radius 3 is 2.71 bits per heavy atom. The number of halogens is 2. The van der Waals surface area contributed by atoms with Crippen molar-refractivity contribution < 1.29 is 13.9 Å². The van der Waals surface area contributed by atoms with E-state index in [4.69, 9.17) is 16.3 Å². The third-order valence-electron chi connectivity index (χ3n) is 4.88. The maximum atomic E-state index is 13.4. The summed E-state index contributed by atoms with van der Waals surface area (Å²) < 4.78 is 19.1. The first-order valence-corrected chi connectivity index (χ1v) is 11.1. The zero-order valence-electron chi connectivity index (χ0n) is 18.8. The average molecular weight is 489 g/mol. The number of ether oxygens (including phenoxy) is 1. The predicted molar refractivity (Wildman–Crippen MR) is 137 cm³/mol. The molecule has 0 saturated carbocycles. The van der Waals surface area contributed by atoms with E-state index < -0.39 is 0 Å². The fraction of sp³-hybridized carbons (Fsp3) is 0.0741. The van der Waals surface area contributed by atoms with Gasteiger partial charge in [0.25, 0.3) is 0 Å². The Morgan fingerprint density at radius 1 is 1.06 bits per heavy atom. The SMILES string of the molecule is CC(=O)Nc1cccc(/C=C/c2cncnc2Nc2ccc(OCc3cccc(F)c3)c(Cl)c2)c1. The van der Waals surface area contributed by atoms with Crippen LogP contribution in [0.4, 0.5) is 21.6 Å². The molecule has 4 rings (SSSR count). The van der Waals surface area contributed by atoms with Crippen LogP contribution < -0.4 is 15.4 Å². The summed E-state index contributed by atoms with van der Waals surface area (Å²) in [6.45, 7) is 1.67. The van der Waals surface area contributed by atoms with Crippen LogP contribution in [0.2, 0.25) is 5.02 Å². The third kappa shape index (κ3) is 6.88. The molecule has 0 aliphatic carbocycles. The molecule has 4 aromatic rings. The minimum Gasteiger partial charge on any atom is -0.487 e. The van der Waals surface area contributed by atoms with Crippen molar-refractivity contribution in [3.05, 3.63) is 107 Å². The minimum atomic E-state index is -0.313. The summed E-state index contributed by atoms with van der Waals surface area (Å²) in [6, 6.07) is 19.0. The van der Waals surface area contributed by atoms with Gasteiger partial charge in [-0.2, -0.15) is 0 Å². The van der Waals surface area contributed by atoms with Gasteiger partial charge < -0.3 is 15.4 Å². The van der Waals surface area contributed by atoms with Gasteiger partial charge >= 0.3 is 0 Å². The highest BCUT2D eigenvalue weighted by Crippen LogP contribution is 2.30. The van der Waals surface area contributed by atoms with Crippen LogP contribution in [0.25, 0.3) is 12.2 Å². The molecular weight excluding hydrogens is 467 g/mol. The van der Waals surface area contributed by atoms with Gasteiger partial charge in [0.15, 0.2) is 0 Å². The molecular formula is C27H22ClFN4O2. The fourth-order valence-corrected chi connectivity index (χ4v) is 3.53. The molecule has 0 saturated heterocycles. The van der Waals surface area contributed by atoms with Crippen LogP contribution in [0.1, 0.15) is 23.6 Å². The van der Waals surface area contributed by atoms with Crippen LogP contribution in [0.3, 0.4) is 0 Å². The van der Waals surface area contributed by atoms with Crippen LogP contribution in [0.5, 0.6) is 5.75 Å². The smallest absolute Gasteiger partial charge is 0.221 e. The molecule has 0 atom stereocenters. The second kappa shape index (κ2) is 11.3. The van der Waals surface area contributed by atoms with Crippen molar-refractivity contribution in [2.75, 3.05) is 10.6 Å². The number of anilines is 3. The number of nitrogens with zero attached hydrogens (tertiary/aromatic N) is 2. The van der Waals surface area contributed by atoms with Crippen molar-refractivity contribution in [3.63, 3.8) is 0 Å². The van der Waals surface area contributed by atoms with E-state index in [-0.39, 0.29) is 18.3 Å². The topological polar surface area (TPSA) is 76.1 Å². The summed E-state index contributed by atoms with van der Waals surface area (Å²) in [5, 5.41) is 6.42. The molecule has 0 unspecified atom stereocenters. The molecule has 1 heterocycles. The van der Waals surface area contributed by atoms with Crippen LogP contribution in [0, 0.1) is 5.82 Å². The van der Waals surface area contributed by atoms with Crippen LogP contribution >= 0.6 is 11.6 Å². The van der Waals surface area contributed by atoms with Gasteiger partial charge in [0.05, 0.1) is 5.02 Å². The summed E-state index contributed by atoms with van der Waals surface area (Å²) in [5.74, 6) is 0.645. The average Bonchev–Trinajstić information content (AvgIpc) is 2.83. The molecule has 176 valence electrons. The van der Waals surface area contributed by atoms with E-state index in [2.05, 4.69) is 20.6 Å². The second-order valence-electron chi connectivity index (χ2n) is 7.66. The normalized spacial score (nSPS) is 10.8. The van der Waals surface area contributed by atoms with Crippen LogP contribution in [-0.2, 0) is 11.4 Å². The predicted octanol–water partition coefficient (Wildman–Crippen LogP) is 6.72. The number of amides is 1. The molecule has 0 spiro atoms. The number of aromatic nitrogens is 2. The molecule has 0 aliphatic heterocycles. The number of carbonyl (C=O) groups is 1. The lowest BCUT2D eigenvalue weighted by Gasteiger charge is -2.12. The highest BCUT2D eigenvalue weighted by molar-refractivity contribution is 6.32.